The molecule has 4 heteroatoms. The summed E-state index contributed by atoms with van der Waals surface area (Å²) in [6.07, 6.45) is 3.27. The molecule has 0 radical (unpaired) electrons. The minimum absolute atomic E-state index is 0.124. The molecular formula is C13H17ClN2O. The van der Waals surface area contributed by atoms with E-state index in [-0.39, 0.29) is 11.9 Å². The smallest absolute Gasteiger partial charge is 0.253 e. The van der Waals surface area contributed by atoms with Crippen molar-refractivity contribution >= 4 is 23.2 Å². The van der Waals surface area contributed by atoms with E-state index in [1.54, 1.807) is 18.2 Å². The second-order valence-corrected chi connectivity index (χ2v) is 5.18. The number of benzene rings is 1. The second-order valence-electron chi connectivity index (χ2n) is 4.80. The highest BCUT2D eigenvalue weighted by Crippen LogP contribution is 2.26. The Morgan fingerprint density at radius 2 is 2.24 bits per heavy atom. The third-order valence-electron chi connectivity index (χ3n) is 3.30. The summed E-state index contributed by atoms with van der Waals surface area (Å²) in [5.41, 5.74) is 6.58. The van der Waals surface area contributed by atoms with Gasteiger partial charge in [0.05, 0.1) is 16.3 Å². The Morgan fingerprint density at radius 1 is 1.47 bits per heavy atom. The van der Waals surface area contributed by atoms with E-state index in [0.717, 1.165) is 12.8 Å². The van der Waals surface area contributed by atoms with Gasteiger partial charge in [0.15, 0.2) is 0 Å². The third-order valence-corrected chi connectivity index (χ3v) is 3.73. The van der Waals surface area contributed by atoms with Crippen LogP contribution in [0.4, 0.5) is 5.69 Å². The van der Waals surface area contributed by atoms with E-state index in [1.165, 1.54) is 6.42 Å². The normalized spacial score (nSPS) is 23.6. The zero-order valence-electron chi connectivity index (χ0n) is 9.87. The number of hydrogen-bond donors (Lipinski definition) is 2. The van der Waals surface area contributed by atoms with Crippen LogP contribution in [0, 0.1) is 5.92 Å². The van der Waals surface area contributed by atoms with E-state index in [9.17, 15) is 4.79 Å². The number of nitrogens with two attached hydrogens (primary N) is 1. The van der Waals surface area contributed by atoms with Crippen molar-refractivity contribution in [2.24, 2.45) is 5.92 Å². The number of nitrogen functional groups attached to an aromatic ring is 1. The predicted molar refractivity (Wildman–Crippen MR) is 70.1 cm³/mol. The van der Waals surface area contributed by atoms with E-state index >= 15 is 0 Å². The fourth-order valence-electron chi connectivity index (χ4n) is 2.33. The zero-order valence-corrected chi connectivity index (χ0v) is 10.6. The molecule has 2 atom stereocenters. The Balaban J connectivity index is 2.07. The number of hydrogen-bond acceptors (Lipinski definition) is 2. The molecule has 3 nitrogen and oxygen atoms in total. The van der Waals surface area contributed by atoms with Crippen molar-refractivity contribution in [3.05, 3.63) is 28.8 Å². The molecule has 2 unspecified atom stereocenters. The molecule has 1 aliphatic carbocycles. The summed E-state index contributed by atoms with van der Waals surface area (Å²) < 4.78 is 0. The maximum atomic E-state index is 12.0. The minimum atomic E-state index is -0.124. The van der Waals surface area contributed by atoms with Gasteiger partial charge in [-0.05, 0) is 37.3 Å². The van der Waals surface area contributed by atoms with Crippen LogP contribution in [0.1, 0.15) is 36.5 Å². The monoisotopic (exact) mass is 252 g/mol. The van der Waals surface area contributed by atoms with Crippen molar-refractivity contribution in [3.63, 3.8) is 0 Å². The highest BCUT2D eigenvalue weighted by Gasteiger charge is 2.23. The summed E-state index contributed by atoms with van der Waals surface area (Å²) in [5, 5.41) is 3.36. The van der Waals surface area contributed by atoms with Gasteiger partial charge in [-0.1, -0.05) is 24.6 Å². The largest absolute Gasteiger partial charge is 0.398 e. The molecule has 0 bridgehead atoms. The number of nitrogens with one attached hydrogen (secondary N) is 1. The van der Waals surface area contributed by atoms with Gasteiger partial charge in [0.1, 0.15) is 0 Å². The SMILES string of the molecule is CC1CCC(NC(=O)c2cccc(N)c2Cl)C1. The highest BCUT2D eigenvalue weighted by molar-refractivity contribution is 6.36. The number of amides is 1. The van der Waals surface area contributed by atoms with Gasteiger partial charge in [-0.3, -0.25) is 4.79 Å². The first kappa shape index (κ1) is 12.2. The Hall–Kier alpha value is -1.22. The quantitative estimate of drug-likeness (QED) is 0.796. The van der Waals surface area contributed by atoms with Crippen molar-refractivity contribution in [3.8, 4) is 0 Å². The molecule has 1 amide bonds. The van der Waals surface area contributed by atoms with Crippen LogP contribution in [0.15, 0.2) is 18.2 Å². The number of anilines is 1. The Kier molecular flexibility index (Phi) is 3.57. The molecule has 3 N–H and O–H groups in total. The van der Waals surface area contributed by atoms with Gasteiger partial charge >= 0.3 is 0 Å². The molecule has 0 aliphatic heterocycles. The fourth-order valence-corrected chi connectivity index (χ4v) is 2.54. The maximum Gasteiger partial charge on any atom is 0.253 e. The van der Waals surface area contributed by atoms with Crippen molar-refractivity contribution in [1.82, 2.24) is 5.32 Å². The minimum Gasteiger partial charge on any atom is -0.398 e. The van der Waals surface area contributed by atoms with Crippen molar-refractivity contribution in [2.45, 2.75) is 32.2 Å². The van der Waals surface area contributed by atoms with Crippen LogP contribution in [0.25, 0.3) is 0 Å². The number of carbonyl (C=O) groups excluding carboxylic acids is 1. The van der Waals surface area contributed by atoms with Gasteiger partial charge in [-0.2, -0.15) is 0 Å². The number of carbonyl (C=O) groups is 1. The van der Waals surface area contributed by atoms with Crippen molar-refractivity contribution in [2.75, 3.05) is 5.73 Å². The lowest BCUT2D eigenvalue weighted by Crippen LogP contribution is -2.33. The Bertz CT molecular complexity index is 433. The summed E-state index contributed by atoms with van der Waals surface area (Å²) in [6, 6.07) is 5.41. The van der Waals surface area contributed by atoms with E-state index < -0.39 is 0 Å². The average Bonchev–Trinajstić information content (AvgIpc) is 2.68. The summed E-state index contributed by atoms with van der Waals surface area (Å²) in [6.45, 7) is 2.21. The first-order chi connectivity index (χ1) is 8.08. The Labute approximate surface area is 106 Å². The maximum absolute atomic E-state index is 12.0. The van der Waals surface area contributed by atoms with E-state index in [0.29, 0.717) is 22.2 Å². The summed E-state index contributed by atoms with van der Waals surface area (Å²) in [5.74, 6) is 0.568. The van der Waals surface area contributed by atoms with Gasteiger partial charge < -0.3 is 11.1 Å². The van der Waals surface area contributed by atoms with Crippen LogP contribution in [0.3, 0.4) is 0 Å². The molecule has 17 heavy (non-hydrogen) atoms. The molecule has 0 aromatic heterocycles. The predicted octanol–water partition coefficient (Wildman–Crippen LogP) is 2.84. The number of rotatable bonds is 2. The molecule has 0 heterocycles. The zero-order chi connectivity index (χ0) is 12.4. The van der Waals surface area contributed by atoms with E-state index in [2.05, 4.69) is 12.2 Å². The Morgan fingerprint density at radius 3 is 2.88 bits per heavy atom. The molecule has 1 fully saturated rings. The number of halogens is 1. The fraction of sp³-hybridized carbons (Fsp3) is 0.462. The second kappa shape index (κ2) is 4.96. The van der Waals surface area contributed by atoms with Gasteiger partial charge in [-0.25, -0.2) is 0 Å². The first-order valence-electron chi connectivity index (χ1n) is 5.92. The van der Waals surface area contributed by atoms with Crippen LogP contribution in [-0.4, -0.2) is 11.9 Å². The average molecular weight is 253 g/mol. The topological polar surface area (TPSA) is 55.1 Å². The van der Waals surface area contributed by atoms with Crippen molar-refractivity contribution in [1.29, 1.82) is 0 Å². The lowest BCUT2D eigenvalue weighted by molar-refractivity contribution is 0.0937. The first-order valence-corrected chi connectivity index (χ1v) is 6.30. The summed E-state index contributed by atoms with van der Waals surface area (Å²) >= 11 is 6.02. The van der Waals surface area contributed by atoms with Crippen LogP contribution < -0.4 is 11.1 Å². The molecule has 92 valence electrons. The molecule has 1 saturated carbocycles. The lowest BCUT2D eigenvalue weighted by Gasteiger charge is -2.13. The van der Waals surface area contributed by atoms with Crippen LogP contribution in [0.2, 0.25) is 5.02 Å². The third kappa shape index (κ3) is 2.72. The van der Waals surface area contributed by atoms with Crippen LogP contribution in [-0.2, 0) is 0 Å². The van der Waals surface area contributed by atoms with E-state index in [4.69, 9.17) is 17.3 Å². The molecule has 1 aromatic rings. The highest BCUT2D eigenvalue weighted by atomic mass is 35.5. The van der Waals surface area contributed by atoms with Gasteiger partial charge in [0, 0.05) is 6.04 Å². The molecule has 2 rings (SSSR count). The molecule has 0 saturated heterocycles. The summed E-state index contributed by atoms with van der Waals surface area (Å²) in [4.78, 5) is 12.0. The van der Waals surface area contributed by atoms with Crippen LogP contribution in [0.5, 0.6) is 0 Å². The van der Waals surface area contributed by atoms with Gasteiger partial charge in [-0.15, -0.1) is 0 Å². The van der Waals surface area contributed by atoms with Gasteiger partial charge in [0.25, 0.3) is 5.91 Å². The van der Waals surface area contributed by atoms with E-state index in [1.807, 2.05) is 0 Å². The standard InChI is InChI=1S/C13H17ClN2O/c1-8-5-6-9(7-8)16-13(17)10-3-2-4-11(15)12(10)14/h2-4,8-9H,5-7,15H2,1H3,(H,16,17). The molecule has 1 aromatic carbocycles. The molecule has 1 aliphatic rings. The molecular weight excluding hydrogens is 236 g/mol. The molecule has 0 spiro atoms. The van der Waals surface area contributed by atoms with Crippen molar-refractivity contribution < 1.29 is 4.79 Å². The van der Waals surface area contributed by atoms with Gasteiger partial charge in [0.2, 0.25) is 0 Å². The lowest BCUT2D eigenvalue weighted by atomic mass is 10.1. The van der Waals surface area contributed by atoms with Crippen LogP contribution >= 0.6 is 11.6 Å². The summed E-state index contributed by atoms with van der Waals surface area (Å²) in [7, 11) is 0.